The molecule has 0 N–H and O–H groups in total. The Morgan fingerprint density at radius 1 is 1.29 bits per heavy atom. The average Bonchev–Trinajstić information content (AvgIpc) is 2.81. The summed E-state index contributed by atoms with van der Waals surface area (Å²) in [7, 11) is 0. The van der Waals surface area contributed by atoms with Crippen molar-refractivity contribution in [3.8, 4) is 0 Å². The van der Waals surface area contributed by atoms with E-state index in [0.717, 1.165) is 19.3 Å². The Morgan fingerprint density at radius 2 is 1.94 bits per heavy atom. The highest BCUT2D eigenvalue weighted by atomic mass is 79.9. The molecule has 1 aliphatic carbocycles. The van der Waals surface area contributed by atoms with Crippen molar-refractivity contribution >= 4 is 15.9 Å². The fourth-order valence-electron chi connectivity index (χ4n) is 2.90. The topological polar surface area (TPSA) is 0 Å². The van der Waals surface area contributed by atoms with Crippen LogP contribution in [-0.2, 0) is 0 Å². The molecule has 3 heteroatoms. The Bertz CT molecular complexity index is 397. The molecule has 1 saturated carbocycles. The van der Waals surface area contributed by atoms with Gasteiger partial charge in [-0.15, -0.1) is 0 Å². The number of alkyl halides is 1. The monoisotopic (exact) mass is 302 g/mol. The number of halogens is 3. The van der Waals surface area contributed by atoms with Gasteiger partial charge < -0.3 is 0 Å². The number of hydrogen-bond donors (Lipinski definition) is 0. The summed E-state index contributed by atoms with van der Waals surface area (Å²) in [5.74, 6) is -0.678. The lowest BCUT2D eigenvalue weighted by Gasteiger charge is -2.33. The lowest BCUT2D eigenvalue weighted by Crippen LogP contribution is -2.22. The minimum Gasteiger partial charge on any atom is -0.207 e. The zero-order valence-corrected chi connectivity index (χ0v) is 11.6. The van der Waals surface area contributed by atoms with Crippen molar-refractivity contribution in [2.75, 3.05) is 0 Å². The first-order valence-electron chi connectivity index (χ1n) is 6.18. The van der Waals surface area contributed by atoms with Crippen LogP contribution >= 0.6 is 15.9 Å². The first kappa shape index (κ1) is 13.0. The van der Waals surface area contributed by atoms with Crippen molar-refractivity contribution in [2.45, 2.75) is 43.9 Å². The molecule has 1 atom stereocenters. The molecule has 1 aliphatic rings. The van der Waals surface area contributed by atoms with Crippen molar-refractivity contribution in [3.63, 3.8) is 0 Å². The van der Waals surface area contributed by atoms with Crippen LogP contribution < -0.4 is 0 Å². The fourth-order valence-corrected chi connectivity index (χ4v) is 4.04. The lowest BCUT2D eigenvalue weighted by molar-refractivity contribution is 0.275. The second kappa shape index (κ2) is 5.05. The van der Waals surface area contributed by atoms with Crippen molar-refractivity contribution < 1.29 is 8.78 Å². The normalized spacial score (nSPS) is 20.5. The van der Waals surface area contributed by atoms with E-state index in [2.05, 4.69) is 22.9 Å². The molecule has 0 bridgehead atoms. The van der Waals surface area contributed by atoms with E-state index in [4.69, 9.17) is 0 Å². The van der Waals surface area contributed by atoms with E-state index in [1.165, 1.54) is 31.0 Å². The number of hydrogen-bond acceptors (Lipinski definition) is 0. The third-order valence-corrected chi connectivity index (χ3v) is 5.54. The molecule has 1 unspecified atom stereocenters. The van der Waals surface area contributed by atoms with Crippen LogP contribution in [0.5, 0.6) is 0 Å². The molecule has 0 amide bonds. The standard InChI is InChI=1S/C14H17BrF2/c1-2-14(7-3-4-8-14)13(15)11-9-10(16)5-6-12(11)17/h5-6,9,13H,2-4,7-8H2,1H3. The molecule has 0 heterocycles. The Hall–Kier alpha value is -0.440. The van der Waals surface area contributed by atoms with Gasteiger partial charge in [-0.2, -0.15) is 0 Å². The Morgan fingerprint density at radius 3 is 2.53 bits per heavy atom. The predicted molar refractivity (Wildman–Crippen MR) is 69.2 cm³/mol. The van der Waals surface area contributed by atoms with Gasteiger partial charge >= 0.3 is 0 Å². The molecule has 0 saturated heterocycles. The highest BCUT2D eigenvalue weighted by Crippen LogP contribution is 2.54. The fraction of sp³-hybridized carbons (Fsp3) is 0.571. The predicted octanol–water partition coefficient (Wildman–Crippen LogP) is 5.37. The van der Waals surface area contributed by atoms with Gasteiger partial charge in [-0.3, -0.25) is 0 Å². The summed E-state index contributed by atoms with van der Waals surface area (Å²) in [4.78, 5) is -0.0850. The Balaban J connectivity index is 2.35. The Labute approximate surface area is 110 Å². The minimum atomic E-state index is -0.366. The Kier molecular flexibility index (Phi) is 3.86. The van der Waals surface area contributed by atoms with E-state index < -0.39 is 0 Å². The molecular weight excluding hydrogens is 286 g/mol. The van der Waals surface area contributed by atoms with Gasteiger partial charge in [0.15, 0.2) is 0 Å². The largest absolute Gasteiger partial charge is 0.207 e. The van der Waals surface area contributed by atoms with Gasteiger partial charge in [-0.25, -0.2) is 8.78 Å². The van der Waals surface area contributed by atoms with Crippen molar-refractivity contribution in [2.24, 2.45) is 5.41 Å². The number of benzene rings is 1. The number of rotatable bonds is 3. The van der Waals surface area contributed by atoms with Crippen LogP contribution in [0.2, 0.25) is 0 Å². The SMILES string of the molecule is CCC1(C(Br)c2cc(F)ccc2F)CCCC1. The molecule has 1 aromatic carbocycles. The maximum Gasteiger partial charge on any atom is 0.127 e. The van der Waals surface area contributed by atoms with E-state index in [0.29, 0.717) is 5.56 Å². The molecule has 94 valence electrons. The molecule has 0 nitrogen and oxygen atoms in total. The van der Waals surface area contributed by atoms with E-state index in [-0.39, 0.29) is 21.9 Å². The van der Waals surface area contributed by atoms with E-state index in [1.54, 1.807) is 0 Å². The first-order valence-corrected chi connectivity index (χ1v) is 7.10. The van der Waals surface area contributed by atoms with E-state index >= 15 is 0 Å². The summed E-state index contributed by atoms with van der Waals surface area (Å²) < 4.78 is 27.0. The molecule has 1 fully saturated rings. The van der Waals surface area contributed by atoms with E-state index in [1.807, 2.05) is 0 Å². The van der Waals surface area contributed by atoms with Gasteiger partial charge in [0.2, 0.25) is 0 Å². The third-order valence-electron chi connectivity index (χ3n) is 4.07. The van der Waals surface area contributed by atoms with Crippen LogP contribution in [0.15, 0.2) is 18.2 Å². The van der Waals surface area contributed by atoms with Gasteiger partial charge in [-0.05, 0) is 42.9 Å². The summed E-state index contributed by atoms with van der Waals surface area (Å²) >= 11 is 3.61. The summed E-state index contributed by atoms with van der Waals surface area (Å²) in [6, 6.07) is 3.72. The first-order chi connectivity index (χ1) is 8.09. The molecule has 0 aromatic heterocycles. The van der Waals surface area contributed by atoms with Gasteiger partial charge in [-0.1, -0.05) is 35.7 Å². The smallest absolute Gasteiger partial charge is 0.127 e. The highest BCUT2D eigenvalue weighted by molar-refractivity contribution is 9.09. The molecule has 17 heavy (non-hydrogen) atoms. The van der Waals surface area contributed by atoms with Crippen molar-refractivity contribution in [1.82, 2.24) is 0 Å². The summed E-state index contributed by atoms with van der Waals surface area (Å²) in [5.41, 5.74) is 0.558. The maximum absolute atomic E-state index is 13.8. The van der Waals surface area contributed by atoms with Crippen LogP contribution in [0.1, 0.15) is 49.4 Å². The van der Waals surface area contributed by atoms with Crippen molar-refractivity contribution in [1.29, 1.82) is 0 Å². The average molecular weight is 303 g/mol. The molecule has 0 radical (unpaired) electrons. The zero-order valence-electron chi connectivity index (χ0n) is 9.98. The molecular formula is C14H17BrF2. The molecule has 0 spiro atoms. The van der Waals surface area contributed by atoms with Crippen LogP contribution in [0.4, 0.5) is 8.78 Å². The maximum atomic E-state index is 13.8. The van der Waals surface area contributed by atoms with Crippen LogP contribution in [0, 0.1) is 17.0 Å². The van der Waals surface area contributed by atoms with Gasteiger partial charge in [0, 0.05) is 10.4 Å². The second-order valence-corrected chi connectivity index (χ2v) is 5.87. The molecule has 0 aliphatic heterocycles. The lowest BCUT2D eigenvalue weighted by atomic mass is 9.77. The molecule has 2 rings (SSSR count). The summed E-state index contributed by atoms with van der Waals surface area (Å²) in [5, 5.41) is 0. The van der Waals surface area contributed by atoms with Crippen LogP contribution in [0.3, 0.4) is 0 Å². The van der Waals surface area contributed by atoms with E-state index in [9.17, 15) is 8.78 Å². The zero-order chi connectivity index (χ0) is 12.5. The van der Waals surface area contributed by atoms with Crippen LogP contribution in [-0.4, -0.2) is 0 Å². The molecule has 1 aromatic rings. The van der Waals surface area contributed by atoms with Crippen molar-refractivity contribution in [3.05, 3.63) is 35.4 Å². The van der Waals surface area contributed by atoms with Gasteiger partial charge in [0.25, 0.3) is 0 Å². The second-order valence-electron chi connectivity index (χ2n) is 4.95. The quantitative estimate of drug-likeness (QED) is 0.658. The summed E-state index contributed by atoms with van der Waals surface area (Å²) in [6.07, 6.45) is 5.56. The minimum absolute atomic E-state index is 0.0850. The van der Waals surface area contributed by atoms with Gasteiger partial charge in [0.1, 0.15) is 11.6 Å². The van der Waals surface area contributed by atoms with Gasteiger partial charge in [0.05, 0.1) is 0 Å². The summed E-state index contributed by atoms with van der Waals surface area (Å²) in [6.45, 7) is 2.14. The highest BCUT2D eigenvalue weighted by Gasteiger charge is 2.40. The van der Waals surface area contributed by atoms with Crippen LogP contribution in [0.25, 0.3) is 0 Å². The third kappa shape index (κ3) is 2.40.